The van der Waals surface area contributed by atoms with Crippen molar-refractivity contribution in [2.24, 2.45) is 0 Å². The van der Waals surface area contributed by atoms with Crippen LogP contribution in [0.5, 0.6) is 5.75 Å². The fourth-order valence-electron chi connectivity index (χ4n) is 1.95. The Morgan fingerprint density at radius 2 is 2.20 bits per heavy atom. The van der Waals surface area contributed by atoms with Crippen molar-refractivity contribution in [1.82, 2.24) is 5.32 Å². The fourth-order valence-corrected chi connectivity index (χ4v) is 1.95. The summed E-state index contributed by atoms with van der Waals surface area (Å²) in [5.41, 5.74) is 7.90. The van der Waals surface area contributed by atoms with Gasteiger partial charge in [-0.15, -0.1) is 0 Å². The van der Waals surface area contributed by atoms with Crippen LogP contribution in [0.4, 0.5) is 5.69 Å². The van der Waals surface area contributed by atoms with Gasteiger partial charge in [0.1, 0.15) is 11.5 Å². The predicted molar refractivity (Wildman–Crippen MR) is 80.8 cm³/mol. The van der Waals surface area contributed by atoms with Gasteiger partial charge in [-0.2, -0.15) is 0 Å². The molecule has 0 atom stereocenters. The molecule has 1 aromatic carbocycles. The zero-order chi connectivity index (χ0) is 14.2. The van der Waals surface area contributed by atoms with Crippen LogP contribution < -0.4 is 15.8 Å². The quantitative estimate of drug-likeness (QED) is 0.574. The van der Waals surface area contributed by atoms with Gasteiger partial charge in [-0.3, -0.25) is 0 Å². The zero-order valence-electron chi connectivity index (χ0n) is 11.9. The molecule has 4 nitrogen and oxygen atoms in total. The highest BCUT2D eigenvalue weighted by Gasteiger charge is 2.02. The third-order valence-corrected chi connectivity index (χ3v) is 3.01. The van der Waals surface area contributed by atoms with Gasteiger partial charge in [0.2, 0.25) is 0 Å². The van der Waals surface area contributed by atoms with E-state index < -0.39 is 0 Å². The molecule has 2 rings (SSSR count). The summed E-state index contributed by atoms with van der Waals surface area (Å²) in [5, 5.41) is 3.34. The van der Waals surface area contributed by atoms with Crippen LogP contribution in [0.3, 0.4) is 0 Å². The van der Waals surface area contributed by atoms with E-state index in [1.807, 2.05) is 24.3 Å². The van der Waals surface area contributed by atoms with Crippen LogP contribution in [-0.4, -0.2) is 13.2 Å². The fraction of sp³-hybridized carbons (Fsp3) is 0.375. The third-order valence-electron chi connectivity index (χ3n) is 3.01. The van der Waals surface area contributed by atoms with Crippen molar-refractivity contribution in [3.8, 4) is 5.75 Å². The maximum atomic E-state index is 5.98. The normalized spacial score (nSPS) is 10.7. The molecule has 0 bridgehead atoms. The second kappa shape index (κ2) is 7.60. The molecule has 1 aromatic heterocycles. The van der Waals surface area contributed by atoms with Crippen LogP contribution in [0, 0.1) is 0 Å². The zero-order valence-corrected chi connectivity index (χ0v) is 11.9. The van der Waals surface area contributed by atoms with Gasteiger partial charge in [-0.1, -0.05) is 13.0 Å². The Bertz CT molecular complexity index is 509. The maximum absolute atomic E-state index is 5.98. The van der Waals surface area contributed by atoms with Crippen molar-refractivity contribution >= 4 is 5.69 Å². The first-order valence-electron chi connectivity index (χ1n) is 7.04. The Labute approximate surface area is 119 Å². The SMILES string of the molecule is CCCOc1ccc(CCNCc2ccco2)cc1N. The van der Waals surface area contributed by atoms with E-state index in [2.05, 4.69) is 18.3 Å². The van der Waals surface area contributed by atoms with Crippen LogP contribution in [0.15, 0.2) is 41.0 Å². The molecule has 1 heterocycles. The van der Waals surface area contributed by atoms with E-state index in [9.17, 15) is 0 Å². The molecule has 0 unspecified atom stereocenters. The molecule has 20 heavy (non-hydrogen) atoms. The molecule has 108 valence electrons. The van der Waals surface area contributed by atoms with E-state index in [0.717, 1.165) is 37.4 Å². The van der Waals surface area contributed by atoms with Crippen molar-refractivity contribution in [1.29, 1.82) is 0 Å². The molecular formula is C16H22N2O2. The van der Waals surface area contributed by atoms with Crippen LogP contribution in [0.2, 0.25) is 0 Å². The highest BCUT2D eigenvalue weighted by atomic mass is 16.5. The minimum atomic E-state index is 0.703. The smallest absolute Gasteiger partial charge is 0.142 e. The van der Waals surface area contributed by atoms with Crippen molar-refractivity contribution in [3.05, 3.63) is 47.9 Å². The van der Waals surface area contributed by atoms with Crippen molar-refractivity contribution < 1.29 is 9.15 Å². The molecule has 0 saturated heterocycles. The summed E-state index contributed by atoms with van der Waals surface area (Å²) in [4.78, 5) is 0. The Morgan fingerprint density at radius 1 is 1.30 bits per heavy atom. The summed E-state index contributed by atoms with van der Waals surface area (Å²) in [6.07, 6.45) is 3.60. The standard InChI is InChI=1S/C16H22N2O2/c1-2-9-20-16-6-5-13(11-15(16)17)7-8-18-12-14-4-3-10-19-14/h3-6,10-11,18H,2,7-9,12,17H2,1H3. The van der Waals surface area contributed by atoms with Gasteiger partial charge in [0.25, 0.3) is 0 Å². The summed E-state index contributed by atoms with van der Waals surface area (Å²) >= 11 is 0. The van der Waals surface area contributed by atoms with E-state index in [1.165, 1.54) is 5.56 Å². The molecule has 0 fully saturated rings. The maximum Gasteiger partial charge on any atom is 0.142 e. The summed E-state index contributed by atoms with van der Waals surface area (Å²) in [5.74, 6) is 1.73. The lowest BCUT2D eigenvalue weighted by molar-refractivity contribution is 0.319. The second-order valence-electron chi connectivity index (χ2n) is 4.73. The van der Waals surface area contributed by atoms with Gasteiger partial charge >= 0.3 is 0 Å². The molecular weight excluding hydrogens is 252 g/mol. The molecule has 4 heteroatoms. The summed E-state index contributed by atoms with van der Waals surface area (Å²) < 4.78 is 10.8. The van der Waals surface area contributed by atoms with Gasteiger partial charge in [0, 0.05) is 0 Å². The first-order valence-corrected chi connectivity index (χ1v) is 7.04. The van der Waals surface area contributed by atoms with Crippen LogP contribution in [-0.2, 0) is 13.0 Å². The van der Waals surface area contributed by atoms with Crippen LogP contribution in [0.1, 0.15) is 24.7 Å². The van der Waals surface area contributed by atoms with Gasteiger partial charge in [0.15, 0.2) is 0 Å². The minimum absolute atomic E-state index is 0.703. The molecule has 2 aromatic rings. The molecule has 0 amide bonds. The number of nitrogens with two attached hydrogens (primary N) is 1. The third kappa shape index (κ3) is 4.31. The summed E-state index contributed by atoms with van der Waals surface area (Å²) in [6.45, 7) is 4.42. The van der Waals surface area contributed by atoms with E-state index in [4.69, 9.17) is 14.9 Å². The minimum Gasteiger partial charge on any atom is -0.491 e. The Kier molecular flexibility index (Phi) is 5.50. The molecule has 0 radical (unpaired) electrons. The summed E-state index contributed by atoms with van der Waals surface area (Å²) in [7, 11) is 0. The van der Waals surface area contributed by atoms with E-state index in [1.54, 1.807) is 6.26 Å². The molecule has 0 aliphatic heterocycles. The lowest BCUT2D eigenvalue weighted by atomic mass is 10.1. The van der Waals surface area contributed by atoms with Gasteiger partial charge in [-0.25, -0.2) is 0 Å². The second-order valence-corrected chi connectivity index (χ2v) is 4.73. The van der Waals surface area contributed by atoms with Crippen molar-refractivity contribution in [2.75, 3.05) is 18.9 Å². The number of hydrogen-bond acceptors (Lipinski definition) is 4. The molecule has 3 N–H and O–H groups in total. The van der Waals surface area contributed by atoms with E-state index in [0.29, 0.717) is 12.3 Å². The lowest BCUT2D eigenvalue weighted by Crippen LogP contribution is -2.16. The van der Waals surface area contributed by atoms with Gasteiger partial charge in [-0.05, 0) is 49.2 Å². The average molecular weight is 274 g/mol. The first-order chi connectivity index (χ1) is 9.79. The molecule has 0 spiro atoms. The number of ether oxygens (including phenoxy) is 1. The number of anilines is 1. The molecule has 0 saturated carbocycles. The van der Waals surface area contributed by atoms with Gasteiger partial charge in [0.05, 0.1) is 25.1 Å². The largest absolute Gasteiger partial charge is 0.491 e. The molecule has 0 aliphatic rings. The number of furan rings is 1. The molecule has 0 aliphatic carbocycles. The number of rotatable bonds is 8. The van der Waals surface area contributed by atoms with Crippen LogP contribution in [0.25, 0.3) is 0 Å². The summed E-state index contributed by atoms with van der Waals surface area (Å²) in [6, 6.07) is 9.86. The Balaban J connectivity index is 1.76. The monoisotopic (exact) mass is 274 g/mol. The predicted octanol–water partition coefficient (Wildman–Crippen LogP) is 2.98. The van der Waals surface area contributed by atoms with E-state index >= 15 is 0 Å². The first kappa shape index (κ1) is 14.5. The average Bonchev–Trinajstić information content (AvgIpc) is 2.96. The van der Waals surface area contributed by atoms with Crippen molar-refractivity contribution in [2.45, 2.75) is 26.3 Å². The number of benzene rings is 1. The Hall–Kier alpha value is -1.94. The number of hydrogen-bond donors (Lipinski definition) is 2. The highest BCUT2D eigenvalue weighted by Crippen LogP contribution is 2.22. The van der Waals surface area contributed by atoms with Gasteiger partial charge < -0.3 is 20.2 Å². The van der Waals surface area contributed by atoms with Crippen LogP contribution >= 0.6 is 0 Å². The Morgan fingerprint density at radius 3 is 2.90 bits per heavy atom. The topological polar surface area (TPSA) is 60.4 Å². The van der Waals surface area contributed by atoms with E-state index in [-0.39, 0.29) is 0 Å². The van der Waals surface area contributed by atoms with Crippen molar-refractivity contribution in [3.63, 3.8) is 0 Å². The number of nitrogen functional groups attached to an aromatic ring is 1. The number of nitrogens with one attached hydrogen (secondary N) is 1. The highest BCUT2D eigenvalue weighted by molar-refractivity contribution is 5.54. The lowest BCUT2D eigenvalue weighted by Gasteiger charge is -2.10.